The number of nitrogens with zero attached hydrogens (tertiary/aromatic N) is 4. The largest absolute Gasteiger partial charge is 0.510 e. The number of rotatable bonds is 15. The molecule has 3 heterocycles. The van der Waals surface area contributed by atoms with Crippen LogP contribution in [0.5, 0.6) is 11.5 Å². The summed E-state index contributed by atoms with van der Waals surface area (Å²) >= 11 is 0. The van der Waals surface area contributed by atoms with Gasteiger partial charge in [-0.15, -0.1) is 29.7 Å². The van der Waals surface area contributed by atoms with Crippen molar-refractivity contribution in [2.45, 2.75) is 6.85 Å². The van der Waals surface area contributed by atoms with Crippen molar-refractivity contribution in [3.63, 3.8) is 0 Å². The van der Waals surface area contributed by atoms with Gasteiger partial charge in [-0.05, 0) is 99.9 Å². The number of ether oxygens (including phenoxy) is 1. The average molecular weight is 1450 g/mol. The Balaban J connectivity index is 0.0000141. The Kier molecular flexibility index (Phi) is 7.56. The number of imidazole rings is 1. The molecule has 0 unspecified atom stereocenters. The number of hydrogen-bond acceptors (Lipinski definition) is 2. The second kappa shape index (κ2) is 25.1. The molecule has 16 aromatic rings. The fourth-order valence-electron chi connectivity index (χ4n) is 11.6. The van der Waals surface area contributed by atoms with Crippen LogP contribution >= 0.6 is 0 Å². The molecule has 0 fully saturated rings. The van der Waals surface area contributed by atoms with Gasteiger partial charge in [-0.25, -0.2) is 4.98 Å². The van der Waals surface area contributed by atoms with Gasteiger partial charge in [-0.2, -0.15) is 18.2 Å². The van der Waals surface area contributed by atoms with Crippen molar-refractivity contribution in [3.05, 3.63) is 369 Å². The van der Waals surface area contributed by atoms with Crippen molar-refractivity contribution in [3.8, 4) is 50.9 Å². The zero-order valence-corrected chi connectivity index (χ0v) is 51.6. The van der Waals surface area contributed by atoms with Crippen molar-refractivity contribution in [1.82, 2.24) is 14.1 Å². The van der Waals surface area contributed by atoms with E-state index in [0.29, 0.717) is 16.3 Å². The minimum atomic E-state index is -6.96. The maximum atomic E-state index is 10.4. The number of benzene rings is 13. The first-order valence-corrected chi connectivity index (χ1v) is 31.7. The van der Waals surface area contributed by atoms with Crippen molar-refractivity contribution in [2.75, 3.05) is 0 Å². The van der Waals surface area contributed by atoms with E-state index in [1.54, 1.807) is 30.3 Å². The number of fused-ring (bicyclic) bond motifs is 4. The monoisotopic (exact) mass is 1450 g/mol. The van der Waals surface area contributed by atoms with E-state index in [4.69, 9.17) is 28.0 Å². The summed E-state index contributed by atoms with van der Waals surface area (Å²) in [6.07, 6.45) is 4.22. The van der Waals surface area contributed by atoms with Gasteiger partial charge in [0.25, 0.3) is 6.33 Å². The Morgan fingerprint density at radius 2 is 0.925 bits per heavy atom. The van der Waals surface area contributed by atoms with Gasteiger partial charge in [-0.1, -0.05) is 296 Å². The van der Waals surface area contributed by atoms with Crippen LogP contribution < -0.4 is 50.8 Å². The van der Waals surface area contributed by atoms with E-state index in [2.05, 4.69) is 23.4 Å². The zero-order chi connectivity index (χ0) is 98.7. The fraction of sp³-hybridized carbons (Fsp3) is 0.0118. The van der Waals surface area contributed by atoms with Crippen LogP contribution in [0.4, 0.5) is 0 Å². The molecule has 0 spiro atoms. The Labute approximate surface area is 619 Å². The van der Waals surface area contributed by atoms with Crippen molar-refractivity contribution >= 4 is 90.5 Å². The molecular weight excluding hydrogens is 1340 g/mol. The molecule has 8 heteroatoms. The number of aryl methyl sites for hydroxylation is 1. The van der Waals surface area contributed by atoms with Crippen LogP contribution in [0.2, 0.25) is 0 Å². The first-order chi connectivity index (χ1) is 63.3. The van der Waals surface area contributed by atoms with Crippen LogP contribution in [-0.4, -0.2) is 30.3 Å². The molecule has 13 aromatic carbocycles. The van der Waals surface area contributed by atoms with E-state index in [1.807, 2.05) is 0 Å². The quantitative estimate of drug-likeness (QED) is 0.0444. The molecule has 0 aliphatic carbocycles. The maximum Gasteiger partial charge on any atom is 0.268 e. The molecule has 0 aliphatic heterocycles. The van der Waals surface area contributed by atoms with E-state index in [0.717, 1.165) is 51.7 Å². The summed E-state index contributed by atoms with van der Waals surface area (Å²) in [6, 6.07) is -20.3. The summed E-state index contributed by atoms with van der Waals surface area (Å²) in [6.45, 7) is -3.05. The van der Waals surface area contributed by atoms with Crippen molar-refractivity contribution in [1.29, 1.82) is 0 Å². The second-order valence-electron chi connectivity index (χ2n) is 20.2. The van der Waals surface area contributed by atoms with Crippen LogP contribution in [0.25, 0.3) is 72.3 Å². The molecule has 0 radical (unpaired) electrons. The normalized spacial score (nSPS) is 18.3. The fourth-order valence-corrected chi connectivity index (χ4v) is 19.8. The third kappa shape index (κ3) is 10.2. The van der Waals surface area contributed by atoms with Gasteiger partial charge in [0.2, 0.25) is 0 Å². The average Bonchev–Trinajstić information content (AvgIpc) is 0.900. The van der Waals surface area contributed by atoms with E-state index in [9.17, 15) is 35.6 Å². The van der Waals surface area contributed by atoms with Gasteiger partial charge in [0.1, 0.15) is 5.82 Å². The van der Waals surface area contributed by atoms with Gasteiger partial charge >= 0.3 is 0 Å². The minimum Gasteiger partial charge on any atom is -0.510 e. The smallest absolute Gasteiger partial charge is 0.268 e. The molecule has 0 N–H and O–H groups in total. The molecule has 93 heavy (non-hydrogen) atoms. The van der Waals surface area contributed by atoms with Gasteiger partial charge in [0, 0.05) is 54.0 Å². The molecule has 0 saturated heterocycles. The van der Waals surface area contributed by atoms with Crippen LogP contribution in [0.1, 0.15) is 64.5 Å². The number of aromatic nitrogens is 4. The molecular formula is C85H60N4OPtSi2-2. The molecule has 0 atom stereocenters. The number of para-hydroxylation sites is 2. The topological polar surface area (TPSA) is 35.9 Å². The molecule has 0 bridgehead atoms. The third-order valence-corrected chi connectivity index (χ3v) is 23.8. The van der Waals surface area contributed by atoms with Crippen LogP contribution in [0, 0.1) is 25.3 Å². The standard InChI is InChI=1S/C85H60N4OSi2.Pt/c1-62-56-84(86-60-77(62)64-32-12-3-13-33-64)89-78-49-27-26-48-75(78)76-54-53-68(59-80(76)89)90-67-35-28-34-66(58-67)87-61-88(79-55-52-65(57-81(79)87)63-30-10-2-11-31-63)85-82(91(69-36-14-4-15-37-69,70-38-16-5-17-39-70)71-40-18-6-19-41-71)50-29-51-83(85)92(72-42-20-7-21-43-72,73-44-22-8-23-45-73)74-46-24-9-25-47-74;/h2-57,60H,1H3;/q-2;/i1D3,2D,3D,4D,5D,6D,7D,8D,9D,10D,11D,12D,13D,14D,15D,16D,17D,18D,19D,20D,21D,22D,23D,24D,25D,30D,31D,32D,33D,36D,37D,38D,39D,40D,41D,42D,43D,44D,45D,46D,47D;. The van der Waals surface area contributed by atoms with Crippen molar-refractivity contribution < 1.29 is 89.3 Å². The molecule has 3 aromatic heterocycles. The molecule has 16 rings (SSSR count). The Bertz CT molecular complexity index is 7200. The predicted octanol–water partition coefficient (Wildman–Crippen LogP) is 14.0. The summed E-state index contributed by atoms with van der Waals surface area (Å²) in [5.41, 5.74) is -3.73. The second-order valence-corrected chi connectivity index (χ2v) is 27.3. The van der Waals surface area contributed by atoms with Crippen LogP contribution in [-0.2, 0) is 21.1 Å². The molecule has 446 valence electrons. The number of pyridine rings is 1. The van der Waals surface area contributed by atoms with Gasteiger partial charge in [0.05, 0.1) is 71.6 Å². The summed E-state index contributed by atoms with van der Waals surface area (Å²) in [5, 5.41) is -8.48. The predicted molar refractivity (Wildman–Crippen MR) is 383 cm³/mol. The van der Waals surface area contributed by atoms with E-state index in [-0.39, 0.29) is 66.2 Å². The summed E-state index contributed by atoms with van der Waals surface area (Å²) in [5.74, 6) is -0.536. The number of hydrogen-bond donors (Lipinski definition) is 0. The zero-order valence-electron chi connectivity index (χ0n) is 90.3. The SMILES string of the molecule is [2H]c1c([2H])c([2H])c(-c2ccc3c(c2)n(-c2[c-]c(Oc4[c-]c5c(cc4)c4ccccc4n5-c4cc(C([2H])([2H])[2H])c(-c5c([2H])c([2H])c([2H])c([2H])c5[2H])cn4)ccc2)[c-][n+]3-c2c([Si](c3c([2H])c([2H])c([2H])c([2H])c3[2H])(c3c([2H])c([2H])c([2H])c([2H])c3[2H])c3c([2H])c([2H])c([2H])c([2H])c3[2H])cccc2[Si](c2c([2H])c([2H])c([2H])c([2H])c2[2H])(c2c([2H])c([2H])c([2H])c([2H])c2[2H])c2c([2H])c([2H])c([2H])c([2H])c2[2H])c([2H])c1[2H].[Pt]. The van der Waals surface area contributed by atoms with Gasteiger partial charge < -0.3 is 13.9 Å². The minimum absolute atomic E-state index is 0. The maximum absolute atomic E-state index is 10.4. The molecule has 0 amide bonds. The summed E-state index contributed by atoms with van der Waals surface area (Å²) in [4.78, 5) is 4.65. The van der Waals surface area contributed by atoms with Crippen LogP contribution in [0.15, 0.2) is 345 Å². The van der Waals surface area contributed by atoms with Gasteiger partial charge in [0.15, 0.2) is 16.1 Å². The Morgan fingerprint density at radius 1 is 0.441 bits per heavy atom. The van der Waals surface area contributed by atoms with E-state index in [1.165, 1.54) is 34.9 Å². The third-order valence-electron chi connectivity index (χ3n) is 15.4. The van der Waals surface area contributed by atoms with Crippen molar-refractivity contribution in [2.24, 2.45) is 0 Å². The van der Waals surface area contributed by atoms with Crippen LogP contribution in [0.3, 0.4) is 0 Å². The molecule has 0 aliphatic rings. The summed E-state index contributed by atoms with van der Waals surface area (Å²) in [7, 11) is -13.9. The molecule has 0 saturated carbocycles. The van der Waals surface area contributed by atoms with E-state index >= 15 is 0 Å². The first kappa shape index (κ1) is 28.0. The Morgan fingerprint density at radius 3 is 1.45 bits per heavy atom. The first-order valence-electron chi connectivity index (χ1n) is 49.2. The molecule has 5 nitrogen and oxygen atoms in total. The summed E-state index contributed by atoms with van der Waals surface area (Å²) < 4.78 is 419. The Hall–Kier alpha value is -10.8. The van der Waals surface area contributed by atoms with E-state index < -0.39 is 334 Å². The van der Waals surface area contributed by atoms with Gasteiger partial charge in [-0.3, -0.25) is 4.57 Å².